The second-order valence-corrected chi connectivity index (χ2v) is 12.7. The molecule has 1 amide bonds. The number of hydrogen-bond donors (Lipinski definition) is 0. The number of rotatable bonds is 4. The van der Waals surface area contributed by atoms with Crippen LogP contribution in [0.3, 0.4) is 0 Å². The van der Waals surface area contributed by atoms with Crippen LogP contribution in [-0.4, -0.2) is 48.7 Å². The van der Waals surface area contributed by atoms with Crippen LogP contribution in [0.4, 0.5) is 35.1 Å². The zero-order valence-corrected chi connectivity index (χ0v) is 23.0. The van der Waals surface area contributed by atoms with Gasteiger partial charge in [0.25, 0.3) is 11.5 Å². The second kappa shape index (κ2) is 9.89. The van der Waals surface area contributed by atoms with Crippen LogP contribution in [0.15, 0.2) is 70.5 Å². The first-order chi connectivity index (χ1) is 19.9. The lowest BCUT2D eigenvalue weighted by atomic mass is 9.76. The molecule has 0 saturated carbocycles. The SMILES string of the molecule is Cn1ccc(C(=O)N2CC[C@@]3(S(=O)(=O)c4ccc(F)cc4)c4ccc(C(F)(C(F)(F)F)C(F)(F)F)cc4CC[C@@H]23)cc1=O. The molecule has 6 nitrogen and oxygen atoms in total. The average molecular weight is 635 g/mol. The summed E-state index contributed by atoms with van der Waals surface area (Å²) in [6.07, 6.45) is -12.3. The van der Waals surface area contributed by atoms with Gasteiger partial charge < -0.3 is 9.47 Å². The van der Waals surface area contributed by atoms with Gasteiger partial charge in [-0.2, -0.15) is 26.3 Å². The highest BCUT2D eigenvalue weighted by molar-refractivity contribution is 7.92. The number of fused-ring (bicyclic) bond motifs is 3. The van der Waals surface area contributed by atoms with Gasteiger partial charge in [-0.25, -0.2) is 17.2 Å². The van der Waals surface area contributed by atoms with Crippen LogP contribution in [0.1, 0.15) is 39.9 Å². The number of aromatic nitrogens is 1. The van der Waals surface area contributed by atoms with E-state index in [4.69, 9.17) is 0 Å². The van der Waals surface area contributed by atoms with Crippen molar-refractivity contribution in [1.29, 1.82) is 0 Å². The van der Waals surface area contributed by atoms with Gasteiger partial charge in [0.05, 0.1) is 10.9 Å². The summed E-state index contributed by atoms with van der Waals surface area (Å²) in [5.41, 5.74) is -8.53. The largest absolute Gasteiger partial charge is 0.435 e. The minimum atomic E-state index is -6.38. The molecule has 2 aromatic carbocycles. The van der Waals surface area contributed by atoms with Crippen molar-refractivity contribution >= 4 is 15.7 Å². The maximum absolute atomic E-state index is 14.9. The third-order valence-corrected chi connectivity index (χ3v) is 10.8. The lowest BCUT2D eigenvalue weighted by Crippen LogP contribution is -2.53. The van der Waals surface area contributed by atoms with E-state index < -0.39 is 66.4 Å². The van der Waals surface area contributed by atoms with Crippen LogP contribution in [0.5, 0.6) is 0 Å². The molecule has 1 aromatic heterocycles. The number of likely N-dealkylation sites (tertiary alicyclic amines) is 1. The molecule has 0 bridgehead atoms. The van der Waals surface area contributed by atoms with E-state index in [1.165, 1.54) is 28.8 Å². The van der Waals surface area contributed by atoms with Gasteiger partial charge in [0.15, 0.2) is 9.84 Å². The molecule has 0 radical (unpaired) electrons. The number of sulfone groups is 1. The molecule has 5 rings (SSSR count). The van der Waals surface area contributed by atoms with Crippen LogP contribution < -0.4 is 5.56 Å². The fraction of sp³-hybridized carbons (Fsp3) is 0.357. The number of carbonyl (C=O) groups is 1. The standard InChI is InChI=1S/C28H22F8N2O4S/c1-37-12-10-17(15-23(37)39)24(40)38-13-11-25(43(41,42)20-6-4-19(29)5-7-20)21-8-3-18(14-16(21)2-9-22(25)38)26(30,27(31,32)33)28(34,35)36/h3-8,10,12,14-15,22H,2,9,11,13H2,1H3/t22-,25-/m1/s1. The summed E-state index contributed by atoms with van der Waals surface area (Å²) >= 11 is 0. The summed E-state index contributed by atoms with van der Waals surface area (Å²) in [6.45, 7) is -0.210. The molecule has 0 N–H and O–H groups in total. The molecule has 3 aromatic rings. The number of pyridine rings is 1. The molecule has 1 fully saturated rings. The number of nitrogens with zero attached hydrogens (tertiary/aromatic N) is 2. The highest BCUT2D eigenvalue weighted by Gasteiger charge is 2.73. The average Bonchev–Trinajstić information content (AvgIpc) is 3.34. The van der Waals surface area contributed by atoms with Crippen LogP contribution in [0.2, 0.25) is 0 Å². The summed E-state index contributed by atoms with van der Waals surface area (Å²) < 4.78 is 137. The number of carbonyl (C=O) groups excluding carboxylic acids is 1. The Hall–Kier alpha value is -3.75. The number of alkyl halides is 7. The third-order valence-electron chi connectivity index (χ3n) is 8.28. The Morgan fingerprint density at radius 2 is 1.56 bits per heavy atom. The van der Waals surface area contributed by atoms with Crippen molar-refractivity contribution < 1.29 is 48.3 Å². The fourth-order valence-corrected chi connectivity index (χ4v) is 8.51. The van der Waals surface area contributed by atoms with Gasteiger partial charge in [-0.3, -0.25) is 9.59 Å². The molecule has 2 atom stereocenters. The van der Waals surface area contributed by atoms with Crippen LogP contribution in [0.25, 0.3) is 0 Å². The summed E-state index contributed by atoms with van der Waals surface area (Å²) in [5, 5.41) is 0. The molecule has 0 spiro atoms. The number of halogens is 8. The molecule has 230 valence electrons. The zero-order valence-electron chi connectivity index (χ0n) is 22.1. The van der Waals surface area contributed by atoms with E-state index >= 15 is 0 Å². The van der Waals surface area contributed by atoms with E-state index in [0.717, 1.165) is 36.4 Å². The van der Waals surface area contributed by atoms with Crippen molar-refractivity contribution in [3.8, 4) is 0 Å². The highest BCUT2D eigenvalue weighted by atomic mass is 32.2. The molecule has 2 aliphatic rings. The van der Waals surface area contributed by atoms with Crippen LogP contribution in [-0.2, 0) is 33.7 Å². The van der Waals surface area contributed by atoms with E-state index in [-0.39, 0.29) is 48.6 Å². The van der Waals surface area contributed by atoms with Crippen LogP contribution in [0, 0.1) is 5.82 Å². The first kappa shape index (κ1) is 30.7. The number of benzene rings is 2. The first-order valence-corrected chi connectivity index (χ1v) is 14.3. The third kappa shape index (κ3) is 4.45. The normalized spacial score (nSPS) is 21.0. The number of hydrogen-bond acceptors (Lipinski definition) is 4. The van der Waals surface area contributed by atoms with Gasteiger partial charge in [0.1, 0.15) is 10.6 Å². The summed E-state index contributed by atoms with van der Waals surface area (Å²) in [5.74, 6) is -1.48. The lowest BCUT2D eigenvalue weighted by molar-refractivity contribution is -0.348. The number of aryl methyl sites for hydroxylation is 2. The molecule has 43 heavy (non-hydrogen) atoms. The van der Waals surface area contributed by atoms with Gasteiger partial charge in [0, 0.05) is 37.0 Å². The molecule has 1 saturated heterocycles. The Kier molecular flexibility index (Phi) is 7.06. The van der Waals surface area contributed by atoms with Crippen molar-refractivity contribution in [2.75, 3.05) is 6.54 Å². The van der Waals surface area contributed by atoms with Gasteiger partial charge >= 0.3 is 18.0 Å². The van der Waals surface area contributed by atoms with Crippen molar-refractivity contribution in [2.24, 2.45) is 7.05 Å². The molecular weight excluding hydrogens is 612 g/mol. The van der Waals surface area contributed by atoms with Crippen LogP contribution >= 0.6 is 0 Å². The predicted octanol–water partition coefficient (Wildman–Crippen LogP) is 5.34. The number of amides is 1. The summed E-state index contributed by atoms with van der Waals surface area (Å²) in [6, 6.07) is 6.24. The lowest BCUT2D eigenvalue weighted by Gasteiger charge is -2.43. The Balaban J connectivity index is 1.71. The monoisotopic (exact) mass is 634 g/mol. The fourth-order valence-electron chi connectivity index (χ4n) is 6.14. The second-order valence-electron chi connectivity index (χ2n) is 10.5. The Morgan fingerprint density at radius 3 is 2.14 bits per heavy atom. The Bertz CT molecular complexity index is 1750. The van der Waals surface area contributed by atoms with Crippen molar-refractivity contribution in [3.63, 3.8) is 0 Å². The molecule has 2 heterocycles. The predicted molar refractivity (Wildman–Crippen MR) is 136 cm³/mol. The first-order valence-electron chi connectivity index (χ1n) is 12.8. The van der Waals surface area contributed by atoms with E-state index in [9.17, 15) is 53.1 Å². The maximum atomic E-state index is 14.9. The van der Waals surface area contributed by atoms with E-state index in [2.05, 4.69) is 0 Å². The Morgan fingerprint density at radius 1 is 0.930 bits per heavy atom. The van der Waals surface area contributed by atoms with Gasteiger partial charge in [-0.1, -0.05) is 18.2 Å². The molecule has 0 unspecified atom stereocenters. The van der Waals surface area contributed by atoms with E-state index in [0.29, 0.717) is 6.07 Å². The van der Waals surface area contributed by atoms with Crippen molar-refractivity contribution in [2.45, 2.75) is 53.0 Å². The van der Waals surface area contributed by atoms with Gasteiger partial charge in [-0.05, 0) is 60.7 Å². The maximum Gasteiger partial charge on any atom is 0.435 e. The molecule has 1 aliphatic heterocycles. The van der Waals surface area contributed by atoms with Gasteiger partial charge in [-0.15, -0.1) is 0 Å². The quantitative estimate of drug-likeness (QED) is 0.287. The zero-order chi connectivity index (χ0) is 31.8. The van der Waals surface area contributed by atoms with Crippen molar-refractivity contribution in [3.05, 3.63) is 99.2 Å². The minimum Gasteiger partial charge on any atom is -0.334 e. The topological polar surface area (TPSA) is 76.5 Å². The van der Waals surface area contributed by atoms with E-state index in [1.54, 1.807) is 0 Å². The summed E-state index contributed by atoms with van der Waals surface area (Å²) in [4.78, 5) is 26.5. The highest BCUT2D eigenvalue weighted by Crippen LogP contribution is 2.56. The molecular formula is C28H22F8N2O4S. The smallest absolute Gasteiger partial charge is 0.334 e. The minimum absolute atomic E-state index is 0.0585. The van der Waals surface area contributed by atoms with E-state index in [1.807, 2.05) is 0 Å². The van der Waals surface area contributed by atoms with Gasteiger partial charge in [0.2, 0.25) is 0 Å². The Labute approximate surface area is 239 Å². The molecule has 1 aliphatic carbocycles. The summed E-state index contributed by atoms with van der Waals surface area (Å²) in [7, 11) is -3.18. The van der Waals surface area contributed by atoms with Crippen molar-refractivity contribution in [1.82, 2.24) is 9.47 Å². The molecule has 15 heteroatoms.